The summed E-state index contributed by atoms with van der Waals surface area (Å²) in [5.41, 5.74) is 3.66. The lowest BCUT2D eigenvalue weighted by molar-refractivity contribution is -0.133. The number of hydrogen-bond donors (Lipinski definition) is 0. The second-order valence-corrected chi connectivity index (χ2v) is 7.75. The minimum atomic E-state index is -0.865. The van der Waals surface area contributed by atoms with Crippen molar-refractivity contribution in [1.82, 2.24) is 9.88 Å². The molecule has 6 heteroatoms. The molecule has 1 heterocycles. The molecule has 0 saturated heterocycles. The van der Waals surface area contributed by atoms with Gasteiger partial charge in [0, 0.05) is 31.4 Å². The molecule has 1 aromatic carbocycles. The number of rotatable bonds is 5. The molecular formula is C24H23FN2O3. The fourth-order valence-electron chi connectivity index (χ4n) is 4.05. The third-order valence-electron chi connectivity index (χ3n) is 5.54. The van der Waals surface area contributed by atoms with Gasteiger partial charge in [0.1, 0.15) is 17.5 Å². The fraction of sp³-hybridized carbons (Fsp3) is 0.333. The van der Waals surface area contributed by atoms with E-state index in [9.17, 15) is 18.8 Å². The minimum Gasteiger partial charge on any atom is -0.335 e. The molecule has 5 nitrogen and oxygen atoms in total. The van der Waals surface area contributed by atoms with Gasteiger partial charge in [-0.3, -0.25) is 19.4 Å². The van der Waals surface area contributed by atoms with Gasteiger partial charge in [-0.05, 0) is 54.8 Å². The molecule has 0 N–H and O–H groups in total. The normalized spacial score (nSPS) is 18.4. The molecule has 3 rings (SSSR count). The summed E-state index contributed by atoms with van der Waals surface area (Å²) < 4.78 is 13.2. The number of aryl methyl sites for hydroxylation is 2. The highest BCUT2D eigenvalue weighted by atomic mass is 19.1. The van der Waals surface area contributed by atoms with E-state index >= 15 is 0 Å². The molecule has 1 aliphatic rings. The molecule has 154 valence electrons. The third kappa shape index (κ3) is 4.16. The van der Waals surface area contributed by atoms with Crippen molar-refractivity contribution in [2.45, 2.75) is 32.6 Å². The summed E-state index contributed by atoms with van der Waals surface area (Å²) in [6.45, 7) is 3.85. The molecule has 30 heavy (non-hydrogen) atoms. The van der Waals surface area contributed by atoms with Gasteiger partial charge in [0.2, 0.25) is 5.91 Å². The number of nitrogens with zero attached hydrogens (tertiary/aromatic N) is 2. The molecule has 0 radical (unpaired) electrons. The summed E-state index contributed by atoms with van der Waals surface area (Å²) in [5.74, 6) is -0.158. The van der Waals surface area contributed by atoms with Crippen LogP contribution in [0.15, 0.2) is 30.5 Å². The van der Waals surface area contributed by atoms with Crippen LogP contribution in [-0.2, 0) is 14.4 Å². The summed E-state index contributed by atoms with van der Waals surface area (Å²) >= 11 is 0. The summed E-state index contributed by atoms with van der Waals surface area (Å²) in [4.78, 5) is 43.5. The quantitative estimate of drug-likeness (QED) is 0.565. The number of aromatic nitrogens is 1. The molecule has 2 unspecified atom stereocenters. The van der Waals surface area contributed by atoms with E-state index in [0.29, 0.717) is 11.3 Å². The maximum absolute atomic E-state index is 13.2. The lowest BCUT2D eigenvalue weighted by atomic mass is 9.85. The SMILES string of the molecule is C#CCN(C)C(=O)CC1CC(=O)C(c2c(C)cc(-c3ccc(F)cn3)cc2C)C1=O. The van der Waals surface area contributed by atoms with E-state index in [1.807, 2.05) is 26.0 Å². The maximum Gasteiger partial charge on any atom is 0.223 e. The molecule has 2 atom stereocenters. The average Bonchev–Trinajstić information content (AvgIpc) is 2.96. The van der Waals surface area contributed by atoms with E-state index < -0.39 is 17.7 Å². The van der Waals surface area contributed by atoms with E-state index in [1.165, 1.54) is 11.0 Å². The van der Waals surface area contributed by atoms with Gasteiger partial charge in [-0.15, -0.1) is 6.42 Å². The van der Waals surface area contributed by atoms with Crippen LogP contribution in [0.5, 0.6) is 0 Å². The van der Waals surface area contributed by atoms with Crippen LogP contribution in [-0.4, -0.2) is 40.9 Å². The minimum absolute atomic E-state index is 0.0189. The Balaban J connectivity index is 1.87. The Bertz CT molecular complexity index is 1030. The number of carbonyl (C=O) groups excluding carboxylic acids is 3. The predicted octanol–water partition coefficient (Wildman–Crippen LogP) is 3.23. The Morgan fingerprint density at radius 3 is 2.50 bits per heavy atom. The van der Waals surface area contributed by atoms with Crippen molar-refractivity contribution >= 4 is 17.5 Å². The standard InChI is InChI=1S/C24H23FN2O3/c1-5-8-27(4)21(29)12-17-11-20(28)23(24(17)30)22-14(2)9-16(10-15(22)3)19-7-6-18(25)13-26-19/h1,6-7,9-10,13,17,23H,8,11-12H2,2-4H3. The third-order valence-corrected chi connectivity index (χ3v) is 5.54. The van der Waals surface area contributed by atoms with Crippen molar-refractivity contribution in [3.8, 4) is 23.6 Å². The van der Waals surface area contributed by atoms with Gasteiger partial charge < -0.3 is 4.90 Å². The van der Waals surface area contributed by atoms with Gasteiger partial charge in [-0.2, -0.15) is 0 Å². The first-order valence-corrected chi connectivity index (χ1v) is 9.69. The molecule has 0 aliphatic heterocycles. The predicted molar refractivity (Wildman–Crippen MR) is 111 cm³/mol. The Labute approximate surface area is 175 Å². The number of terminal acetylenes is 1. The van der Waals surface area contributed by atoms with E-state index in [4.69, 9.17) is 6.42 Å². The van der Waals surface area contributed by atoms with Gasteiger partial charge in [0.05, 0.1) is 18.4 Å². The Hall–Kier alpha value is -3.33. The van der Waals surface area contributed by atoms with Gasteiger partial charge in [0.25, 0.3) is 0 Å². The van der Waals surface area contributed by atoms with E-state index in [0.717, 1.165) is 22.9 Å². The zero-order chi connectivity index (χ0) is 22.0. The van der Waals surface area contributed by atoms with Crippen molar-refractivity contribution in [2.24, 2.45) is 5.92 Å². The van der Waals surface area contributed by atoms with E-state index in [2.05, 4.69) is 10.9 Å². The smallest absolute Gasteiger partial charge is 0.223 e. The number of Topliss-reactive ketones (excluding diaryl/α,β-unsaturated/α-hetero) is 2. The van der Waals surface area contributed by atoms with E-state index in [1.54, 1.807) is 13.1 Å². The molecule has 1 fully saturated rings. The molecule has 0 spiro atoms. The summed E-state index contributed by atoms with van der Waals surface area (Å²) in [6, 6.07) is 6.62. The fourth-order valence-corrected chi connectivity index (χ4v) is 4.05. The second-order valence-electron chi connectivity index (χ2n) is 7.75. The molecule has 0 bridgehead atoms. The van der Waals surface area contributed by atoms with Gasteiger partial charge in [0.15, 0.2) is 5.78 Å². The first kappa shape index (κ1) is 21.4. The lowest BCUT2D eigenvalue weighted by Gasteiger charge is -2.18. The van der Waals surface area contributed by atoms with Crippen LogP contribution in [0.25, 0.3) is 11.3 Å². The lowest BCUT2D eigenvalue weighted by Crippen LogP contribution is -2.30. The summed E-state index contributed by atoms with van der Waals surface area (Å²) in [5, 5.41) is 0. The van der Waals surface area contributed by atoms with Gasteiger partial charge in [-0.1, -0.05) is 5.92 Å². The van der Waals surface area contributed by atoms with Crippen LogP contribution in [0.2, 0.25) is 0 Å². The molecule has 1 saturated carbocycles. The Morgan fingerprint density at radius 1 is 1.27 bits per heavy atom. The number of benzene rings is 1. The van der Waals surface area contributed by atoms with Gasteiger partial charge >= 0.3 is 0 Å². The molecular weight excluding hydrogens is 383 g/mol. The topological polar surface area (TPSA) is 67.3 Å². The van der Waals surface area contributed by atoms with Crippen molar-refractivity contribution in [3.63, 3.8) is 0 Å². The highest BCUT2D eigenvalue weighted by Crippen LogP contribution is 2.38. The van der Waals surface area contributed by atoms with Crippen LogP contribution in [0.3, 0.4) is 0 Å². The molecule has 2 aromatic rings. The van der Waals surface area contributed by atoms with Crippen LogP contribution >= 0.6 is 0 Å². The number of halogens is 1. The average molecular weight is 406 g/mol. The number of carbonyl (C=O) groups is 3. The highest BCUT2D eigenvalue weighted by Gasteiger charge is 2.44. The number of ketones is 2. The second kappa shape index (κ2) is 8.58. The number of hydrogen-bond acceptors (Lipinski definition) is 4. The first-order valence-electron chi connectivity index (χ1n) is 9.69. The summed E-state index contributed by atoms with van der Waals surface area (Å²) in [7, 11) is 1.58. The molecule has 1 aromatic heterocycles. The van der Waals surface area contributed by atoms with Gasteiger partial charge in [-0.25, -0.2) is 4.39 Å². The Morgan fingerprint density at radius 2 is 1.93 bits per heavy atom. The Kier molecular flexibility index (Phi) is 6.12. The zero-order valence-electron chi connectivity index (χ0n) is 17.2. The summed E-state index contributed by atoms with van der Waals surface area (Å²) in [6.07, 6.45) is 6.42. The van der Waals surface area contributed by atoms with Crippen molar-refractivity contribution in [1.29, 1.82) is 0 Å². The number of pyridine rings is 1. The monoisotopic (exact) mass is 406 g/mol. The van der Waals surface area contributed by atoms with Crippen LogP contribution in [0.4, 0.5) is 4.39 Å². The van der Waals surface area contributed by atoms with Crippen LogP contribution in [0.1, 0.15) is 35.4 Å². The van der Waals surface area contributed by atoms with Crippen LogP contribution < -0.4 is 0 Å². The molecule has 1 amide bonds. The largest absolute Gasteiger partial charge is 0.335 e. The van der Waals surface area contributed by atoms with Crippen molar-refractivity contribution in [3.05, 3.63) is 53.0 Å². The zero-order valence-corrected chi connectivity index (χ0v) is 17.2. The van der Waals surface area contributed by atoms with Crippen LogP contribution in [0, 0.1) is 37.9 Å². The van der Waals surface area contributed by atoms with Crippen molar-refractivity contribution < 1.29 is 18.8 Å². The maximum atomic E-state index is 13.2. The number of amides is 1. The van der Waals surface area contributed by atoms with E-state index in [-0.39, 0.29) is 36.9 Å². The highest BCUT2D eigenvalue weighted by molar-refractivity contribution is 6.15. The van der Waals surface area contributed by atoms with Crippen molar-refractivity contribution in [2.75, 3.05) is 13.6 Å². The first-order chi connectivity index (χ1) is 14.2. The molecule has 1 aliphatic carbocycles.